The second kappa shape index (κ2) is 7.73. The van der Waals surface area contributed by atoms with Crippen LogP contribution >= 0.6 is 27.5 Å². The van der Waals surface area contributed by atoms with E-state index in [-0.39, 0.29) is 22.0 Å². The van der Waals surface area contributed by atoms with Crippen molar-refractivity contribution in [1.29, 1.82) is 5.26 Å². The summed E-state index contributed by atoms with van der Waals surface area (Å²) in [5.74, 6) is -0.672. The molecule has 0 bridgehead atoms. The number of carbonyl (C=O) groups excluding carboxylic acids is 1. The number of anilines is 1. The van der Waals surface area contributed by atoms with Gasteiger partial charge >= 0.3 is 0 Å². The number of benzene rings is 2. The van der Waals surface area contributed by atoms with Crippen molar-refractivity contribution in [1.82, 2.24) is 0 Å². The van der Waals surface area contributed by atoms with Crippen molar-refractivity contribution in [3.05, 3.63) is 73.2 Å². The van der Waals surface area contributed by atoms with Crippen LogP contribution in [-0.4, -0.2) is 10.8 Å². The first-order valence-electron chi connectivity index (χ1n) is 6.53. The second-order valence-corrected chi connectivity index (χ2v) is 5.93. The van der Waals surface area contributed by atoms with Gasteiger partial charge in [-0.2, -0.15) is 5.26 Å². The van der Waals surface area contributed by atoms with E-state index in [1.165, 1.54) is 18.2 Å². The predicted octanol–water partition coefficient (Wildman–Crippen LogP) is 4.56. The number of hydrogen-bond acceptors (Lipinski definition) is 4. The van der Waals surface area contributed by atoms with Gasteiger partial charge in [0.2, 0.25) is 0 Å². The highest BCUT2D eigenvalue weighted by molar-refractivity contribution is 9.10. The SMILES string of the molecule is N#C/C(=C\c1cccc(Br)c1)C(=O)Nc1ccc(Cl)c([N+](=O)[O-])c1. The molecule has 0 aliphatic heterocycles. The van der Waals surface area contributed by atoms with Crippen LogP contribution in [0.25, 0.3) is 6.08 Å². The molecular formula is C16H9BrClN3O3. The molecule has 8 heteroatoms. The van der Waals surface area contributed by atoms with Gasteiger partial charge in [-0.15, -0.1) is 0 Å². The molecule has 0 aliphatic rings. The maximum absolute atomic E-state index is 12.2. The lowest BCUT2D eigenvalue weighted by molar-refractivity contribution is -0.384. The number of nitro benzene ring substituents is 1. The van der Waals surface area contributed by atoms with Gasteiger partial charge in [0.05, 0.1) is 4.92 Å². The molecule has 0 fully saturated rings. The van der Waals surface area contributed by atoms with Crippen LogP contribution in [0.2, 0.25) is 5.02 Å². The number of halogens is 2. The van der Waals surface area contributed by atoms with E-state index >= 15 is 0 Å². The lowest BCUT2D eigenvalue weighted by atomic mass is 10.1. The Kier molecular flexibility index (Phi) is 5.68. The predicted molar refractivity (Wildman–Crippen MR) is 94.5 cm³/mol. The van der Waals surface area contributed by atoms with Crippen molar-refractivity contribution in [3.63, 3.8) is 0 Å². The van der Waals surface area contributed by atoms with E-state index < -0.39 is 10.8 Å². The van der Waals surface area contributed by atoms with Gasteiger partial charge in [-0.1, -0.05) is 39.7 Å². The van der Waals surface area contributed by atoms with Crippen LogP contribution in [0.15, 0.2) is 52.5 Å². The lowest BCUT2D eigenvalue weighted by Gasteiger charge is -2.05. The second-order valence-electron chi connectivity index (χ2n) is 4.60. The number of nitriles is 1. The van der Waals surface area contributed by atoms with Crippen molar-refractivity contribution in [2.45, 2.75) is 0 Å². The maximum atomic E-state index is 12.2. The van der Waals surface area contributed by atoms with Crippen LogP contribution in [0.1, 0.15) is 5.56 Å². The minimum Gasteiger partial charge on any atom is -0.321 e. The first-order chi connectivity index (χ1) is 11.4. The summed E-state index contributed by atoms with van der Waals surface area (Å²) in [6.07, 6.45) is 1.42. The molecule has 1 N–H and O–H groups in total. The highest BCUT2D eigenvalue weighted by Gasteiger charge is 2.15. The largest absolute Gasteiger partial charge is 0.321 e. The summed E-state index contributed by atoms with van der Waals surface area (Å²) in [4.78, 5) is 22.4. The van der Waals surface area contributed by atoms with Gasteiger partial charge < -0.3 is 5.32 Å². The molecule has 0 heterocycles. The zero-order valence-electron chi connectivity index (χ0n) is 12.0. The van der Waals surface area contributed by atoms with Crippen LogP contribution in [0.4, 0.5) is 11.4 Å². The van der Waals surface area contributed by atoms with Crippen LogP contribution in [0, 0.1) is 21.4 Å². The summed E-state index contributed by atoms with van der Waals surface area (Å²) < 4.78 is 0.808. The van der Waals surface area contributed by atoms with Crippen LogP contribution in [-0.2, 0) is 4.79 Å². The standard InChI is InChI=1S/C16H9BrClN3O3/c17-12-3-1-2-10(7-12)6-11(9-19)16(22)20-13-4-5-14(18)15(8-13)21(23)24/h1-8H,(H,20,22)/b11-6+. The molecular weight excluding hydrogens is 398 g/mol. The highest BCUT2D eigenvalue weighted by Crippen LogP contribution is 2.27. The van der Waals surface area contributed by atoms with E-state index in [9.17, 15) is 20.2 Å². The number of carbonyl (C=O) groups is 1. The highest BCUT2D eigenvalue weighted by atomic mass is 79.9. The van der Waals surface area contributed by atoms with E-state index in [0.29, 0.717) is 5.56 Å². The average molecular weight is 407 g/mol. The molecule has 1 amide bonds. The summed E-state index contributed by atoms with van der Waals surface area (Å²) >= 11 is 9.02. The normalized spacial score (nSPS) is 10.8. The van der Waals surface area contributed by atoms with Crippen LogP contribution < -0.4 is 5.32 Å². The summed E-state index contributed by atoms with van der Waals surface area (Å²) in [7, 11) is 0. The molecule has 2 aromatic rings. The quantitative estimate of drug-likeness (QED) is 0.348. The van der Waals surface area contributed by atoms with Crippen molar-refractivity contribution in [3.8, 4) is 6.07 Å². The molecule has 0 unspecified atom stereocenters. The topological polar surface area (TPSA) is 96.0 Å². The molecule has 0 aliphatic carbocycles. The van der Waals surface area contributed by atoms with Gasteiger partial charge in [0, 0.05) is 16.2 Å². The van der Waals surface area contributed by atoms with Gasteiger partial charge in [-0.25, -0.2) is 0 Å². The van der Waals surface area contributed by atoms with E-state index in [1.54, 1.807) is 18.2 Å². The molecule has 0 saturated carbocycles. The molecule has 6 nitrogen and oxygen atoms in total. The number of rotatable bonds is 4. The lowest BCUT2D eigenvalue weighted by Crippen LogP contribution is -2.13. The number of hydrogen-bond donors (Lipinski definition) is 1. The molecule has 24 heavy (non-hydrogen) atoms. The third kappa shape index (κ3) is 4.41. The van der Waals surface area contributed by atoms with E-state index in [4.69, 9.17) is 11.6 Å². The number of nitro groups is 1. The maximum Gasteiger partial charge on any atom is 0.289 e. The smallest absolute Gasteiger partial charge is 0.289 e. The first kappa shape index (κ1) is 17.7. The van der Waals surface area contributed by atoms with Crippen LogP contribution in [0.5, 0.6) is 0 Å². The van der Waals surface area contributed by atoms with Crippen molar-refractivity contribution < 1.29 is 9.72 Å². The summed E-state index contributed by atoms with van der Waals surface area (Å²) in [6.45, 7) is 0. The fraction of sp³-hybridized carbons (Fsp3) is 0. The van der Waals surface area contributed by atoms with Crippen molar-refractivity contribution in [2.75, 3.05) is 5.32 Å². The Morgan fingerprint density at radius 1 is 1.33 bits per heavy atom. The number of nitrogens with one attached hydrogen (secondary N) is 1. The van der Waals surface area contributed by atoms with Crippen molar-refractivity contribution in [2.24, 2.45) is 0 Å². The molecule has 0 radical (unpaired) electrons. The van der Waals surface area contributed by atoms with Gasteiger partial charge in [-0.05, 0) is 35.9 Å². The summed E-state index contributed by atoms with van der Waals surface area (Å²) in [5.41, 5.74) is 0.374. The van der Waals surface area contributed by atoms with E-state index in [0.717, 1.165) is 10.5 Å². The third-order valence-electron chi connectivity index (χ3n) is 2.93. The van der Waals surface area contributed by atoms with E-state index in [2.05, 4.69) is 21.2 Å². The minimum absolute atomic E-state index is 0.0387. The van der Waals surface area contributed by atoms with Crippen LogP contribution in [0.3, 0.4) is 0 Å². The Bertz CT molecular complexity index is 890. The molecule has 0 atom stereocenters. The van der Waals surface area contributed by atoms with Gasteiger partial charge in [0.1, 0.15) is 16.7 Å². The molecule has 0 saturated heterocycles. The Balaban J connectivity index is 2.26. The fourth-order valence-electron chi connectivity index (χ4n) is 1.84. The monoisotopic (exact) mass is 405 g/mol. The summed E-state index contributed by atoms with van der Waals surface area (Å²) in [6, 6.07) is 12.7. The Hall–Kier alpha value is -2.69. The number of amides is 1. The first-order valence-corrected chi connectivity index (χ1v) is 7.70. The molecule has 0 spiro atoms. The molecule has 2 aromatic carbocycles. The van der Waals surface area contributed by atoms with Crippen molar-refractivity contribution >= 4 is 50.9 Å². The zero-order valence-corrected chi connectivity index (χ0v) is 14.3. The average Bonchev–Trinajstić information content (AvgIpc) is 2.54. The van der Waals surface area contributed by atoms with Gasteiger partial charge in [0.25, 0.3) is 11.6 Å². The molecule has 0 aromatic heterocycles. The molecule has 120 valence electrons. The fourth-order valence-corrected chi connectivity index (χ4v) is 2.44. The van der Waals surface area contributed by atoms with Gasteiger partial charge in [-0.3, -0.25) is 14.9 Å². The Morgan fingerprint density at radius 2 is 2.08 bits per heavy atom. The minimum atomic E-state index is -0.672. The van der Waals surface area contributed by atoms with Gasteiger partial charge in [0.15, 0.2) is 0 Å². The Morgan fingerprint density at radius 3 is 2.71 bits per heavy atom. The Labute approximate surface area is 150 Å². The zero-order chi connectivity index (χ0) is 17.7. The van der Waals surface area contributed by atoms with E-state index in [1.807, 2.05) is 12.1 Å². The number of nitrogens with zero attached hydrogens (tertiary/aromatic N) is 2. The third-order valence-corrected chi connectivity index (χ3v) is 3.74. The molecule has 2 rings (SSSR count). The summed E-state index contributed by atoms with van der Waals surface area (Å²) in [5, 5.41) is 22.4.